The molecule has 0 amide bonds. The van der Waals surface area contributed by atoms with Crippen molar-refractivity contribution in [1.82, 2.24) is 0 Å². The molecule has 1 aliphatic carbocycles. The van der Waals surface area contributed by atoms with E-state index >= 15 is 0 Å². The molecule has 4 aromatic rings. The number of rotatable bonds is 2. The largest absolute Gasteiger partial charge is 0.506 e. The second-order valence-electron chi connectivity index (χ2n) is 7.58. The van der Waals surface area contributed by atoms with E-state index in [-0.39, 0.29) is 17.7 Å². The van der Waals surface area contributed by atoms with Crippen molar-refractivity contribution >= 4 is 11.6 Å². The average molecular weight is 391 g/mol. The van der Waals surface area contributed by atoms with Crippen LogP contribution in [0.4, 0.5) is 0 Å². The van der Waals surface area contributed by atoms with Gasteiger partial charge in [-0.25, -0.2) is 0 Å². The molecule has 1 aromatic carbocycles. The summed E-state index contributed by atoms with van der Waals surface area (Å²) in [4.78, 5) is 0. The molecule has 1 N–H and O–H groups in total. The van der Waals surface area contributed by atoms with Gasteiger partial charge in [-0.15, -0.1) is 0 Å². The van der Waals surface area contributed by atoms with Gasteiger partial charge in [-0.1, -0.05) is 23.7 Å². The number of aromatic hydroxyl groups is 1. The summed E-state index contributed by atoms with van der Waals surface area (Å²) in [6.07, 6.45) is 9.99. The molecule has 2 bridgehead atoms. The minimum atomic E-state index is -0.415. The van der Waals surface area contributed by atoms with Crippen LogP contribution in [0.15, 0.2) is 82.5 Å². The number of hydrogen-bond acceptors (Lipinski definition) is 3. The van der Waals surface area contributed by atoms with E-state index < -0.39 is 5.41 Å². The first-order valence-corrected chi connectivity index (χ1v) is 9.66. The molecule has 0 saturated carbocycles. The van der Waals surface area contributed by atoms with E-state index in [1.165, 1.54) is 0 Å². The van der Waals surface area contributed by atoms with Crippen molar-refractivity contribution < 1.29 is 18.5 Å². The molecule has 3 aliphatic rings. The normalized spacial score (nSPS) is 21.3. The maximum Gasteiger partial charge on any atom is 0.190 e. The Morgan fingerprint density at radius 3 is 2.43 bits per heavy atom. The zero-order chi connectivity index (χ0) is 18.9. The number of aromatic nitrogens is 1. The lowest BCUT2D eigenvalue weighted by molar-refractivity contribution is -0.732. The number of nitrogens with zero attached hydrogens (tertiary/aromatic N) is 1. The molecule has 0 saturated heterocycles. The van der Waals surface area contributed by atoms with E-state index in [4.69, 9.17) is 20.4 Å². The molecular formula is C23H17ClNO3+. The molecule has 28 heavy (non-hydrogen) atoms. The van der Waals surface area contributed by atoms with Crippen molar-refractivity contribution in [2.24, 2.45) is 0 Å². The van der Waals surface area contributed by atoms with E-state index in [1.807, 2.05) is 36.8 Å². The molecule has 138 valence electrons. The zero-order valence-electron chi connectivity index (χ0n) is 14.9. The van der Waals surface area contributed by atoms with Crippen LogP contribution < -0.4 is 4.57 Å². The van der Waals surface area contributed by atoms with Crippen LogP contribution in [0, 0.1) is 0 Å². The van der Waals surface area contributed by atoms with Gasteiger partial charge in [0.2, 0.25) is 0 Å². The lowest BCUT2D eigenvalue weighted by atomic mass is 9.54. The summed E-state index contributed by atoms with van der Waals surface area (Å²) in [5.74, 6) is 0.0444. The second-order valence-corrected chi connectivity index (χ2v) is 7.99. The van der Waals surface area contributed by atoms with Crippen LogP contribution in [-0.2, 0) is 5.41 Å². The number of furan rings is 2. The fraction of sp³-hybridized carbons (Fsp3) is 0.174. The Hall–Kier alpha value is -2.98. The molecule has 2 aliphatic heterocycles. The van der Waals surface area contributed by atoms with Gasteiger partial charge >= 0.3 is 0 Å². The first-order valence-electron chi connectivity index (χ1n) is 9.28. The van der Waals surface area contributed by atoms with Gasteiger partial charge in [0.25, 0.3) is 0 Å². The van der Waals surface area contributed by atoms with Crippen LogP contribution in [0.5, 0.6) is 5.75 Å². The third-order valence-corrected chi connectivity index (χ3v) is 6.79. The SMILES string of the molecule is Oc1c(Cl)ccc2c1[C@H]1c3cccc[n+]3[C@@H]2CC1(c1ccoc1)c1ccoc1. The third-order valence-electron chi connectivity index (χ3n) is 6.48. The van der Waals surface area contributed by atoms with Gasteiger partial charge < -0.3 is 13.9 Å². The van der Waals surface area contributed by atoms with E-state index in [0.717, 1.165) is 34.4 Å². The van der Waals surface area contributed by atoms with Crippen molar-refractivity contribution in [3.8, 4) is 5.75 Å². The van der Waals surface area contributed by atoms with Crippen molar-refractivity contribution in [3.05, 3.63) is 107 Å². The lowest BCUT2D eigenvalue weighted by Gasteiger charge is -2.48. The predicted octanol–water partition coefficient (Wildman–Crippen LogP) is 4.94. The van der Waals surface area contributed by atoms with Gasteiger partial charge in [0.1, 0.15) is 5.75 Å². The number of pyridine rings is 1. The Morgan fingerprint density at radius 1 is 1.00 bits per heavy atom. The van der Waals surface area contributed by atoms with Crippen molar-refractivity contribution in [2.75, 3.05) is 0 Å². The number of phenols is 1. The third kappa shape index (κ3) is 1.83. The highest BCUT2D eigenvalue weighted by Gasteiger charge is 2.61. The van der Waals surface area contributed by atoms with Crippen LogP contribution >= 0.6 is 11.6 Å². The maximum absolute atomic E-state index is 11.0. The topological polar surface area (TPSA) is 50.4 Å². The molecule has 0 fully saturated rings. The van der Waals surface area contributed by atoms with Gasteiger partial charge in [0, 0.05) is 40.8 Å². The van der Waals surface area contributed by atoms with Crippen LogP contribution in [0.3, 0.4) is 0 Å². The van der Waals surface area contributed by atoms with Gasteiger partial charge in [0.15, 0.2) is 17.9 Å². The Morgan fingerprint density at radius 2 is 1.75 bits per heavy atom. The van der Waals surface area contributed by atoms with Crippen molar-refractivity contribution in [2.45, 2.75) is 23.8 Å². The number of phenolic OH excluding ortho intramolecular Hbond substituents is 1. The fourth-order valence-corrected chi connectivity index (χ4v) is 5.55. The van der Waals surface area contributed by atoms with Gasteiger partial charge in [0.05, 0.1) is 41.4 Å². The molecular weight excluding hydrogens is 374 g/mol. The van der Waals surface area contributed by atoms with Crippen molar-refractivity contribution in [1.29, 1.82) is 0 Å². The minimum Gasteiger partial charge on any atom is -0.506 e. The summed E-state index contributed by atoms with van der Waals surface area (Å²) in [6, 6.07) is 14.2. The summed E-state index contributed by atoms with van der Waals surface area (Å²) in [7, 11) is 0. The number of halogens is 1. The first kappa shape index (κ1) is 16.0. The quantitative estimate of drug-likeness (QED) is 0.493. The summed E-state index contributed by atoms with van der Waals surface area (Å²) < 4.78 is 13.3. The van der Waals surface area contributed by atoms with E-state index in [2.05, 4.69) is 22.9 Å². The standard InChI is InChI=1S/C23H16ClNO3/c24-17-5-4-16-19-11-23(14-6-9-27-12-14,15-7-10-28-13-15)21(20(16)22(17)26)18-3-1-2-8-25(18)19/h1-10,12-13,19,21H,11H2/p+1/t19-,21-/m1/s1. The van der Waals surface area contributed by atoms with Crippen LogP contribution in [-0.4, -0.2) is 5.11 Å². The molecule has 0 radical (unpaired) electrons. The number of hydrogen-bond donors (Lipinski definition) is 1. The monoisotopic (exact) mass is 390 g/mol. The Kier molecular flexibility index (Phi) is 3.16. The van der Waals surface area contributed by atoms with Crippen LogP contribution in [0.1, 0.15) is 46.3 Å². The van der Waals surface area contributed by atoms with Gasteiger partial charge in [-0.05, 0) is 18.2 Å². The van der Waals surface area contributed by atoms with Crippen LogP contribution in [0.25, 0.3) is 0 Å². The predicted molar refractivity (Wildman–Crippen MR) is 103 cm³/mol. The Labute approximate surface area is 166 Å². The van der Waals surface area contributed by atoms with E-state index in [9.17, 15) is 5.11 Å². The van der Waals surface area contributed by atoms with Crippen LogP contribution in [0.2, 0.25) is 5.02 Å². The molecule has 7 rings (SSSR count). The smallest absolute Gasteiger partial charge is 0.190 e. The number of fused-ring (bicyclic) bond motifs is 1. The Bertz CT molecular complexity index is 1150. The fourth-order valence-electron chi connectivity index (χ4n) is 5.39. The maximum atomic E-state index is 11.0. The van der Waals surface area contributed by atoms with Crippen molar-refractivity contribution in [3.63, 3.8) is 0 Å². The average Bonchev–Trinajstić information content (AvgIpc) is 3.45. The molecule has 2 atom stereocenters. The highest BCUT2D eigenvalue weighted by molar-refractivity contribution is 6.32. The van der Waals surface area contributed by atoms with E-state index in [0.29, 0.717) is 5.02 Å². The summed E-state index contributed by atoms with van der Waals surface area (Å²) in [5, 5.41) is 11.4. The summed E-state index contributed by atoms with van der Waals surface area (Å²) in [5.41, 5.74) is 4.90. The van der Waals surface area contributed by atoms with E-state index in [1.54, 1.807) is 18.6 Å². The molecule has 0 spiro atoms. The summed E-state index contributed by atoms with van der Waals surface area (Å²) >= 11 is 6.36. The lowest BCUT2D eigenvalue weighted by Crippen LogP contribution is -2.59. The first-order chi connectivity index (χ1) is 13.7. The zero-order valence-corrected chi connectivity index (χ0v) is 15.6. The Balaban J connectivity index is 1.76. The highest BCUT2D eigenvalue weighted by Crippen LogP contribution is 2.61. The molecule has 5 heterocycles. The van der Waals surface area contributed by atoms with Gasteiger partial charge in [-0.3, -0.25) is 0 Å². The molecule has 3 aromatic heterocycles. The van der Waals surface area contributed by atoms with Gasteiger partial charge in [-0.2, -0.15) is 4.57 Å². The summed E-state index contributed by atoms with van der Waals surface area (Å²) in [6.45, 7) is 0. The molecule has 4 nitrogen and oxygen atoms in total. The second kappa shape index (κ2) is 5.52. The molecule has 0 unspecified atom stereocenters. The number of benzene rings is 1. The molecule has 5 heteroatoms. The highest BCUT2D eigenvalue weighted by atomic mass is 35.5. The minimum absolute atomic E-state index is 0.0733.